The van der Waals surface area contributed by atoms with Crippen LogP contribution in [-0.4, -0.2) is 10.1 Å². The number of fused-ring (bicyclic) bond motifs is 1. The highest BCUT2D eigenvalue weighted by Gasteiger charge is 2.07. The van der Waals surface area contributed by atoms with Crippen molar-refractivity contribution in [3.05, 3.63) is 41.6 Å². The second kappa shape index (κ2) is 3.39. The molecule has 0 aliphatic heterocycles. The molecule has 0 bridgehead atoms. The number of rotatable bonds is 1. The van der Waals surface area contributed by atoms with Crippen molar-refractivity contribution < 1.29 is 5.11 Å². The molecule has 1 N–H and O–H groups in total. The molecule has 1 heterocycles. The van der Waals surface area contributed by atoms with Gasteiger partial charge in [0.25, 0.3) is 0 Å². The molecule has 0 spiro atoms. The summed E-state index contributed by atoms with van der Waals surface area (Å²) in [5.74, 6) is 0. The molecule has 72 valence electrons. The van der Waals surface area contributed by atoms with Crippen LogP contribution in [0.1, 0.15) is 24.3 Å². The lowest BCUT2D eigenvalue weighted by Gasteiger charge is -2.09. The highest BCUT2D eigenvalue weighted by atomic mass is 16.3. The van der Waals surface area contributed by atoms with Crippen LogP contribution in [0.3, 0.4) is 0 Å². The molecule has 2 aromatic rings. The second-order valence-electron chi connectivity index (χ2n) is 3.55. The van der Waals surface area contributed by atoms with Gasteiger partial charge < -0.3 is 5.11 Å². The number of benzene rings is 1. The number of pyridine rings is 1. The lowest BCUT2D eigenvalue weighted by atomic mass is 10.0. The van der Waals surface area contributed by atoms with E-state index in [4.69, 9.17) is 0 Å². The Labute approximate surface area is 83.2 Å². The van der Waals surface area contributed by atoms with E-state index in [0.29, 0.717) is 0 Å². The summed E-state index contributed by atoms with van der Waals surface area (Å²) < 4.78 is 0. The quantitative estimate of drug-likeness (QED) is 0.744. The van der Waals surface area contributed by atoms with Crippen molar-refractivity contribution in [1.82, 2.24) is 4.98 Å². The largest absolute Gasteiger partial charge is 0.389 e. The van der Waals surface area contributed by atoms with Crippen molar-refractivity contribution in [2.75, 3.05) is 0 Å². The number of para-hydroxylation sites is 1. The standard InChI is InChI=1S/C12H13NO/c1-8-7-11(9(2)14)10-5-3-4-6-12(10)13-8/h3-7,9,14H,1-2H3/t9-/m0/s1. The molecule has 0 saturated carbocycles. The maximum atomic E-state index is 9.62. The molecular formula is C12H13NO. The molecule has 0 saturated heterocycles. The third kappa shape index (κ3) is 1.49. The van der Waals surface area contributed by atoms with Gasteiger partial charge in [-0.1, -0.05) is 18.2 Å². The summed E-state index contributed by atoms with van der Waals surface area (Å²) in [5.41, 5.74) is 2.84. The maximum Gasteiger partial charge on any atom is 0.0769 e. The minimum atomic E-state index is -0.443. The molecule has 0 aliphatic carbocycles. The summed E-state index contributed by atoms with van der Waals surface area (Å²) >= 11 is 0. The van der Waals surface area contributed by atoms with E-state index < -0.39 is 6.10 Å². The van der Waals surface area contributed by atoms with E-state index in [1.165, 1.54) is 0 Å². The summed E-state index contributed by atoms with van der Waals surface area (Å²) in [7, 11) is 0. The van der Waals surface area contributed by atoms with E-state index >= 15 is 0 Å². The number of aryl methyl sites for hydroxylation is 1. The van der Waals surface area contributed by atoms with Crippen LogP contribution in [0.15, 0.2) is 30.3 Å². The minimum Gasteiger partial charge on any atom is -0.389 e. The van der Waals surface area contributed by atoms with Crippen molar-refractivity contribution in [3.63, 3.8) is 0 Å². The Morgan fingerprint density at radius 2 is 2.00 bits per heavy atom. The molecule has 0 fully saturated rings. The predicted octanol–water partition coefficient (Wildman–Crippen LogP) is 2.60. The normalized spacial score (nSPS) is 13.1. The predicted molar refractivity (Wildman–Crippen MR) is 57.1 cm³/mol. The van der Waals surface area contributed by atoms with E-state index in [9.17, 15) is 5.11 Å². The number of aliphatic hydroxyl groups is 1. The van der Waals surface area contributed by atoms with E-state index in [1.807, 2.05) is 37.3 Å². The fourth-order valence-electron chi connectivity index (χ4n) is 1.69. The first kappa shape index (κ1) is 9.16. The van der Waals surface area contributed by atoms with Crippen molar-refractivity contribution >= 4 is 10.9 Å². The van der Waals surface area contributed by atoms with E-state index in [-0.39, 0.29) is 0 Å². The van der Waals surface area contributed by atoms with Gasteiger partial charge in [-0.2, -0.15) is 0 Å². The monoisotopic (exact) mass is 187 g/mol. The molecule has 1 aromatic carbocycles. The van der Waals surface area contributed by atoms with Crippen LogP contribution < -0.4 is 0 Å². The van der Waals surface area contributed by atoms with Gasteiger partial charge >= 0.3 is 0 Å². The van der Waals surface area contributed by atoms with Crippen LogP contribution in [-0.2, 0) is 0 Å². The first-order valence-electron chi connectivity index (χ1n) is 4.73. The fourth-order valence-corrected chi connectivity index (χ4v) is 1.69. The van der Waals surface area contributed by atoms with Crippen LogP contribution in [0.2, 0.25) is 0 Å². The van der Waals surface area contributed by atoms with Gasteiger partial charge in [-0.05, 0) is 31.5 Å². The Morgan fingerprint density at radius 3 is 2.71 bits per heavy atom. The van der Waals surface area contributed by atoms with Gasteiger partial charge in [-0.3, -0.25) is 4.98 Å². The Kier molecular flexibility index (Phi) is 2.22. The number of hydrogen-bond donors (Lipinski definition) is 1. The first-order valence-corrected chi connectivity index (χ1v) is 4.73. The van der Waals surface area contributed by atoms with Crippen LogP contribution in [0.5, 0.6) is 0 Å². The number of aromatic nitrogens is 1. The SMILES string of the molecule is Cc1cc([C@H](C)O)c2ccccc2n1. The van der Waals surface area contributed by atoms with Crippen molar-refractivity contribution in [2.24, 2.45) is 0 Å². The molecule has 14 heavy (non-hydrogen) atoms. The van der Waals surface area contributed by atoms with Gasteiger partial charge in [0.2, 0.25) is 0 Å². The summed E-state index contributed by atoms with van der Waals surface area (Å²) in [5, 5.41) is 10.7. The van der Waals surface area contributed by atoms with Gasteiger partial charge in [0.05, 0.1) is 11.6 Å². The summed E-state index contributed by atoms with van der Waals surface area (Å²) in [6.45, 7) is 3.72. The number of nitrogens with zero attached hydrogens (tertiary/aromatic N) is 1. The molecule has 0 unspecified atom stereocenters. The van der Waals surface area contributed by atoms with Crippen LogP contribution in [0, 0.1) is 6.92 Å². The van der Waals surface area contributed by atoms with Gasteiger partial charge in [0, 0.05) is 11.1 Å². The van der Waals surface area contributed by atoms with E-state index in [1.54, 1.807) is 6.92 Å². The van der Waals surface area contributed by atoms with Crippen molar-refractivity contribution in [1.29, 1.82) is 0 Å². The zero-order valence-electron chi connectivity index (χ0n) is 8.36. The van der Waals surface area contributed by atoms with Crippen LogP contribution in [0.4, 0.5) is 0 Å². The first-order chi connectivity index (χ1) is 6.68. The average molecular weight is 187 g/mol. The van der Waals surface area contributed by atoms with Crippen molar-refractivity contribution in [3.8, 4) is 0 Å². The Bertz CT molecular complexity index is 463. The Balaban J connectivity index is 2.80. The molecule has 0 amide bonds. The maximum absolute atomic E-state index is 9.62. The van der Waals surface area contributed by atoms with Crippen LogP contribution in [0.25, 0.3) is 10.9 Å². The smallest absolute Gasteiger partial charge is 0.0769 e. The van der Waals surface area contributed by atoms with E-state index in [2.05, 4.69) is 4.98 Å². The minimum absolute atomic E-state index is 0.443. The highest BCUT2D eigenvalue weighted by molar-refractivity contribution is 5.82. The zero-order valence-corrected chi connectivity index (χ0v) is 8.36. The molecule has 0 radical (unpaired) electrons. The summed E-state index contributed by atoms with van der Waals surface area (Å²) in [6, 6.07) is 9.82. The van der Waals surface area contributed by atoms with E-state index in [0.717, 1.165) is 22.2 Å². The lowest BCUT2D eigenvalue weighted by Crippen LogP contribution is -1.95. The van der Waals surface area contributed by atoms with Crippen LogP contribution >= 0.6 is 0 Å². The third-order valence-electron chi connectivity index (χ3n) is 2.33. The highest BCUT2D eigenvalue weighted by Crippen LogP contribution is 2.23. The second-order valence-corrected chi connectivity index (χ2v) is 3.55. The van der Waals surface area contributed by atoms with Gasteiger partial charge in [-0.15, -0.1) is 0 Å². The molecule has 2 heteroatoms. The average Bonchev–Trinajstić information content (AvgIpc) is 2.16. The van der Waals surface area contributed by atoms with Gasteiger partial charge in [0.1, 0.15) is 0 Å². The Morgan fingerprint density at radius 1 is 1.29 bits per heavy atom. The number of hydrogen-bond acceptors (Lipinski definition) is 2. The molecule has 1 aromatic heterocycles. The molecular weight excluding hydrogens is 174 g/mol. The molecule has 2 rings (SSSR count). The van der Waals surface area contributed by atoms with Gasteiger partial charge in [0.15, 0.2) is 0 Å². The number of aliphatic hydroxyl groups excluding tert-OH is 1. The molecule has 0 aliphatic rings. The topological polar surface area (TPSA) is 33.1 Å². The van der Waals surface area contributed by atoms with Gasteiger partial charge in [-0.25, -0.2) is 0 Å². The fraction of sp³-hybridized carbons (Fsp3) is 0.250. The van der Waals surface area contributed by atoms with Crippen molar-refractivity contribution in [2.45, 2.75) is 20.0 Å². The lowest BCUT2D eigenvalue weighted by molar-refractivity contribution is 0.200. The summed E-state index contributed by atoms with van der Waals surface area (Å²) in [4.78, 5) is 4.41. The third-order valence-corrected chi connectivity index (χ3v) is 2.33. The summed E-state index contributed by atoms with van der Waals surface area (Å²) in [6.07, 6.45) is -0.443. The molecule has 2 nitrogen and oxygen atoms in total. The Hall–Kier alpha value is -1.41. The zero-order chi connectivity index (χ0) is 10.1. The molecule has 1 atom stereocenters.